The van der Waals surface area contributed by atoms with Gasteiger partial charge in [0, 0.05) is 31.4 Å². The third-order valence-corrected chi connectivity index (χ3v) is 5.05. The van der Waals surface area contributed by atoms with Crippen LogP contribution in [0, 0.1) is 24.2 Å². The summed E-state index contributed by atoms with van der Waals surface area (Å²) in [6.07, 6.45) is 5.45. The second-order valence-electron chi connectivity index (χ2n) is 7.46. The molecule has 8 nitrogen and oxygen atoms in total. The summed E-state index contributed by atoms with van der Waals surface area (Å²) in [5.74, 6) is 3.06. The Bertz CT molecular complexity index is 1030. The number of aromatic nitrogens is 5. The lowest BCUT2D eigenvalue weighted by atomic mass is 10.0. The zero-order valence-electron chi connectivity index (χ0n) is 16.4. The van der Waals surface area contributed by atoms with Crippen molar-refractivity contribution in [3.05, 3.63) is 30.4 Å². The molecule has 8 heteroatoms. The van der Waals surface area contributed by atoms with E-state index in [4.69, 9.17) is 0 Å². The molecular formula is C20H24N8. The predicted molar refractivity (Wildman–Crippen MR) is 109 cm³/mol. The highest BCUT2D eigenvalue weighted by Crippen LogP contribution is 2.25. The fourth-order valence-electron chi connectivity index (χ4n) is 3.81. The molecule has 3 aromatic rings. The first-order valence-electron chi connectivity index (χ1n) is 9.64. The zero-order chi connectivity index (χ0) is 19.7. The molecule has 0 bridgehead atoms. The number of nitriles is 1. The molecule has 4 heterocycles. The summed E-state index contributed by atoms with van der Waals surface area (Å²) in [5.41, 5.74) is 1.93. The fraction of sp³-hybridized carbons (Fsp3) is 0.450. The number of rotatable bonds is 4. The van der Waals surface area contributed by atoms with Crippen LogP contribution >= 0.6 is 0 Å². The molecule has 0 aliphatic carbocycles. The Kier molecular flexibility index (Phi) is 4.82. The normalized spacial score (nSPS) is 17.1. The Morgan fingerprint density at radius 1 is 1.25 bits per heavy atom. The molecule has 1 aliphatic rings. The summed E-state index contributed by atoms with van der Waals surface area (Å²) in [4.78, 5) is 20.2. The van der Waals surface area contributed by atoms with E-state index in [1.54, 1.807) is 12.4 Å². The molecule has 1 saturated heterocycles. The van der Waals surface area contributed by atoms with E-state index >= 15 is 0 Å². The van der Waals surface area contributed by atoms with Crippen molar-refractivity contribution in [2.45, 2.75) is 39.7 Å². The highest BCUT2D eigenvalue weighted by molar-refractivity contribution is 5.79. The molecule has 0 amide bonds. The van der Waals surface area contributed by atoms with Gasteiger partial charge in [-0.1, -0.05) is 0 Å². The second kappa shape index (κ2) is 7.43. The van der Waals surface area contributed by atoms with E-state index < -0.39 is 0 Å². The van der Waals surface area contributed by atoms with Crippen molar-refractivity contribution < 1.29 is 0 Å². The first-order chi connectivity index (χ1) is 13.5. The van der Waals surface area contributed by atoms with Gasteiger partial charge in [0.25, 0.3) is 0 Å². The number of hydrogen-bond donors (Lipinski definition) is 1. The van der Waals surface area contributed by atoms with Gasteiger partial charge in [0.15, 0.2) is 0 Å². The predicted octanol–water partition coefficient (Wildman–Crippen LogP) is 3.59. The van der Waals surface area contributed by atoms with E-state index in [2.05, 4.69) is 54.6 Å². The van der Waals surface area contributed by atoms with Gasteiger partial charge in [-0.05, 0) is 39.7 Å². The summed E-state index contributed by atoms with van der Waals surface area (Å²) in [5, 5.41) is 12.5. The largest absolute Gasteiger partial charge is 0.339 e. The molecular weight excluding hydrogens is 352 g/mol. The minimum absolute atomic E-state index is 0.0394. The van der Waals surface area contributed by atoms with Crippen LogP contribution < -0.4 is 10.2 Å². The Balaban J connectivity index is 1.59. The maximum Gasteiger partial charge on any atom is 0.227 e. The van der Waals surface area contributed by atoms with E-state index in [9.17, 15) is 5.26 Å². The lowest BCUT2D eigenvalue weighted by molar-refractivity contribution is 0.487. The lowest BCUT2D eigenvalue weighted by Gasteiger charge is -2.29. The number of imidazole rings is 1. The van der Waals surface area contributed by atoms with Gasteiger partial charge < -0.3 is 14.8 Å². The molecule has 1 fully saturated rings. The third kappa shape index (κ3) is 3.48. The van der Waals surface area contributed by atoms with Crippen molar-refractivity contribution in [3.8, 4) is 6.07 Å². The number of pyridine rings is 1. The number of anilines is 3. The summed E-state index contributed by atoms with van der Waals surface area (Å²) in [6, 6.07) is 6.51. The number of hydrogen-bond acceptors (Lipinski definition) is 7. The zero-order valence-corrected chi connectivity index (χ0v) is 16.4. The van der Waals surface area contributed by atoms with Crippen LogP contribution in [0.4, 0.5) is 17.6 Å². The van der Waals surface area contributed by atoms with E-state index in [1.807, 2.05) is 19.1 Å². The standard InChI is InChI=1S/C20H24N8/c1-13(2)28-14(3)24-16-11-23-19(9-17(16)28)25-18-6-7-22-20(26-18)27-8-4-5-15(10-21)12-27/h6-7,9,11,13,15H,4-5,8,12H2,1-3H3,(H,22,23,25,26). The molecule has 1 atom stereocenters. The maximum atomic E-state index is 9.21. The van der Waals surface area contributed by atoms with Crippen LogP contribution in [0.15, 0.2) is 24.5 Å². The van der Waals surface area contributed by atoms with E-state index in [0.29, 0.717) is 30.2 Å². The van der Waals surface area contributed by atoms with E-state index in [1.165, 1.54) is 0 Å². The lowest BCUT2D eigenvalue weighted by Crippen LogP contribution is -2.36. The molecule has 0 radical (unpaired) electrons. The molecule has 0 saturated carbocycles. The molecule has 28 heavy (non-hydrogen) atoms. The molecule has 1 aliphatic heterocycles. The van der Waals surface area contributed by atoms with Crippen molar-refractivity contribution in [1.29, 1.82) is 5.26 Å². The van der Waals surface area contributed by atoms with Crippen LogP contribution in [0.2, 0.25) is 0 Å². The quantitative estimate of drug-likeness (QED) is 0.743. The Morgan fingerprint density at radius 2 is 2.11 bits per heavy atom. The topological polar surface area (TPSA) is 95.6 Å². The van der Waals surface area contributed by atoms with Crippen molar-refractivity contribution in [2.24, 2.45) is 5.92 Å². The van der Waals surface area contributed by atoms with Crippen LogP contribution in [0.3, 0.4) is 0 Å². The van der Waals surface area contributed by atoms with Gasteiger partial charge in [0.05, 0.1) is 23.7 Å². The van der Waals surface area contributed by atoms with Crippen LogP contribution in [0.25, 0.3) is 11.0 Å². The van der Waals surface area contributed by atoms with Gasteiger partial charge >= 0.3 is 0 Å². The van der Waals surface area contributed by atoms with Crippen molar-refractivity contribution in [1.82, 2.24) is 24.5 Å². The van der Waals surface area contributed by atoms with Crippen molar-refractivity contribution in [3.63, 3.8) is 0 Å². The summed E-state index contributed by atoms with van der Waals surface area (Å²) >= 11 is 0. The smallest absolute Gasteiger partial charge is 0.227 e. The van der Waals surface area contributed by atoms with Gasteiger partial charge in [-0.3, -0.25) is 0 Å². The minimum Gasteiger partial charge on any atom is -0.339 e. The van der Waals surface area contributed by atoms with Crippen LogP contribution in [-0.2, 0) is 0 Å². The Labute approximate surface area is 164 Å². The highest BCUT2D eigenvalue weighted by atomic mass is 15.3. The molecule has 4 rings (SSSR count). The molecule has 1 N–H and O–H groups in total. The number of nitrogens with zero attached hydrogens (tertiary/aromatic N) is 7. The summed E-state index contributed by atoms with van der Waals surface area (Å²) in [7, 11) is 0. The van der Waals surface area contributed by atoms with Crippen molar-refractivity contribution in [2.75, 3.05) is 23.3 Å². The Hall–Kier alpha value is -3.21. The van der Waals surface area contributed by atoms with E-state index in [-0.39, 0.29) is 5.92 Å². The number of aryl methyl sites for hydroxylation is 1. The van der Waals surface area contributed by atoms with Crippen LogP contribution in [0.1, 0.15) is 38.6 Å². The van der Waals surface area contributed by atoms with Crippen LogP contribution in [-0.4, -0.2) is 37.6 Å². The second-order valence-corrected chi connectivity index (χ2v) is 7.46. The Morgan fingerprint density at radius 3 is 2.89 bits per heavy atom. The summed E-state index contributed by atoms with van der Waals surface area (Å²) in [6.45, 7) is 7.85. The van der Waals surface area contributed by atoms with Crippen LogP contribution in [0.5, 0.6) is 0 Å². The number of piperidine rings is 1. The molecule has 0 aromatic carbocycles. The molecule has 144 valence electrons. The minimum atomic E-state index is 0.0394. The monoisotopic (exact) mass is 376 g/mol. The third-order valence-electron chi connectivity index (χ3n) is 5.05. The average molecular weight is 376 g/mol. The summed E-state index contributed by atoms with van der Waals surface area (Å²) < 4.78 is 2.20. The SMILES string of the molecule is Cc1nc2cnc(Nc3ccnc(N4CCCC(C#N)C4)n3)cc2n1C(C)C. The fourth-order valence-corrected chi connectivity index (χ4v) is 3.81. The number of fused-ring (bicyclic) bond motifs is 1. The molecule has 3 aromatic heterocycles. The van der Waals surface area contributed by atoms with Crippen molar-refractivity contribution >= 4 is 28.6 Å². The first-order valence-corrected chi connectivity index (χ1v) is 9.64. The first kappa shape index (κ1) is 18.2. The van der Waals surface area contributed by atoms with Gasteiger partial charge in [-0.2, -0.15) is 10.2 Å². The number of nitrogens with one attached hydrogen (secondary N) is 1. The average Bonchev–Trinajstić information content (AvgIpc) is 3.03. The highest BCUT2D eigenvalue weighted by Gasteiger charge is 2.21. The van der Waals surface area contributed by atoms with Gasteiger partial charge in [-0.25, -0.2) is 15.0 Å². The van der Waals surface area contributed by atoms with Gasteiger partial charge in [-0.15, -0.1) is 0 Å². The van der Waals surface area contributed by atoms with Gasteiger partial charge in [0.2, 0.25) is 5.95 Å². The maximum absolute atomic E-state index is 9.21. The van der Waals surface area contributed by atoms with E-state index in [0.717, 1.165) is 36.2 Å². The molecule has 1 unspecified atom stereocenters. The van der Waals surface area contributed by atoms with Gasteiger partial charge in [0.1, 0.15) is 23.0 Å². The molecule has 0 spiro atoms.